The summed E-state index contributed by atoms with van der Waals surface area (Å²) < 4.78 is 0. The van der Waals surface area contributed by atoms with Crippen molar-refractivity contribution in [3.8, 4) is 0 Å². The Balaban J connectivity index is -0.000000000984. The van der Waals surface area contributed by atoms with Crippen LogP contribution in [0.5, 0.6) is 0 Å². The van der Waals surface area contributed by atoms with E-state index in [4.69, 9.17) is 51.1 Å². The predicted octanol–water partition coefficient (Wildman–Crippen LogP) is 9.25. The van der Waals surface area contributed by atoms with Crippen LogP contribution in [0.3, 0.4) is 0 Å². The Kier molecular flexibility index (Phi) is 31.1. The second-order valence-corrected chi connectivity index (χ2v) is 5.05. The van der Waals surface area contributed by atoms with Crippen molar-refractivity contribution in [3.05, 3.63) is 60.8 Å². The first-order valence-electron chi connectivity index (χ1n) is 8.83. The van der Waals surface area contributed by atoms with Crippen molar-refractivity contribution in [3.63, 3.8) is 0 Å². The van der Waals surface area contributed by atoms with E-state index in [0.717, 1.165) is 0 Å². The van der Waals surface area contributed by atoms with E-state index in [2.05, 4.69) is 0 Å². The lowest BCUT2D eigenvalue weighted by atomic mass is 10.5. The highest BCUT2D eigenvalue weighted by atomic mass is 16.4. The summed E-state index contributed by atoms with van der Waals surface area (Å²) in [7, 11) is 0. The molecule has 0 atom stereocenters. The Bertz CT molecular complexity index is 911. The molecule has 0 radical (unpaired) electrons. The van der Waals surface area contributed by atoms with E-state index in [0.29, 0.717) is 60.8 Å². The molecule has 0 aliphatic rings. The molecular formula is C20H115O20+95. The monoisotopic (exact) mass is 676 g/mol. The molecule has 0 aliphatic heterocycles. The van der Waals surface area contributed by atoms with Gasteiger partial charge in [0.15, 0.2) is 0 Å². The van der Waals surface area contributed by atoms with Crippen molar-refractivity contribution in [2.75, 3.05) is 0 Å². The highest BCUT2D eigenvalue weighted by Gasteiger charge is 1.90. The van der Waals surface area contributed by atoms with E-state index in [1.54, 1.807) is 0 Å². The van der Waals surface area contributed by atoms with Gasteiger partial charge in [0.2, 0.25) is 0 Å². The van der Waals surface area contributed by atoms with E-state index >= 15 is 0 Å². The molecule has 220 valence electrons. The van der Waals surface area contributed by atoms with E-state index in [1.807, 2.05) is 0 Å². The molecule has 0 unspecified atom stereocenters. The number of hydrogen-bond donors (Lipinski definition) is 10. The minimum atomic E-state index is -1.26. The molecule has 10 N–H and O–H groups in total. The molecule has 0 heterocycles. The Morgan fingerprint density at radius 1 is 0.225 bits per heavy atom. The predicted molar refractivity (Wildman–Crippen MR) is 228 cm³/mol. The molecule has 0 amide bonds. The average Bonchev–Trinajstić information content (AvgIpc) is 2.79. The van der Waals surface area contributed by atoms with Crippen molar-refractivity contribution < 1.29 is 235 Å². The third-order valence-corrected chi connectivity index (χ3v) is 1.84. The van der Waals surface area contributed by atoms with Crippen LogP contribution in [0.25, 0.3) is 0 Å². The summed E-state index contributed by atoms with van der Waals surface area (Å²) in [4.78, 5) is 95.5. The van der Waals surface area contributed by atoms with Gasteiger partial charge in [-0.05, 0) is 0 Å². The standard InChI is InChI=1S/5C4H4O4/c5*5-3(6)1-2-4(7)8/h5*1-2H,(H,5,6)(H,7,8)/p+95/b5*2-1-. The first kappa shape index (κ1) is 43.5. The van der Waals surface area contributed by atoms with Crippen LogP contribution in [0.1, 0.15) is 136 Å². The molecule has 0 saturated carbocycles. The largest absolute Gasteiger partial charge is 1.00 e. The third-order valence-electron chi connectivity index (χ3n) is 1.84. The van der Waals surface area contributed by atoms with Gasteiger partial charge in [-0.1, -0.05) is 0 Å². The lowest BCUT2D eigenvalue weighted by Gasteiger charge is -1.74. The number of aliphatic carboxylic acids is 10. The SMILES string of the molecule is O=C(O)/C=C\C(=O)O.O=C(O)/C=C\C(=O)O.O=C(O)/C=C\C(=O)O.O=C(O)/C=C\C(=O)O.O=C(O)/C=C\C(=O)O.[H+].[H+].[H+].[H+].[H+].[H+].[H+].[H+].[H+].[H+].[H+].[H+].[H+].[H+].[H+].[H+].[H+].[H+].[H+].[H+].[H+].[H+].[H+].[H+].[H+].[H+].[H+].[H+].[H+].[H+].[H+].[H+].[H+].[H+].[H+].[H+].[H+].[H+].[H+].[H+].[H+].[H+].[H+].[H+].[H+].[H+].[H+].[H+].[H+].[H+].[H+].[H+].[H+].[H+].[H+].[H+].[H+].[H+].[H+].[H+].[H+].[H+].[H+].[H+].[H+].[H+].[H+].[H+].[H+].[H+].[H+].[H+].[H+].[H+].[H+].[H+].[H+].[H+].[H+].[H+].[H+].[H+].[H+].[H+].[H+].[H+].[H+].[H+].[H+].[H+].[H+].[H+].[H+].[H+].[H+]. The summed E-state index contributed by atoms with van der Waals surface area (Å²) in [5, 5.41) is 78.1. The number of carbonyl (C=O) groups is 10. The summed E-state index contributed by atoms with van der Waals surface area (Å²) in [5.74, 6) is -12.6. The Labute approximate surface area is 361 Å². The fourth-order valence-electron chi connectivity index (χ4n) is 0.713. The minimum Gasteiger partial charge on any atom is -0.478 e. The van der Waals surface area contributed by atoms with Crippen molar-refractivity contribution in [1.29, 1.82) is 0 Å². The van der Waals surface area contributed by atoms with Gasteiger partial charge in [0.05, 0.1) is 0 Å². The Hall–Kier alpha value is -6.60. The Morgan fingerprint density at radius 2 is 0.275 bits per heavy atom. The lowest BCUT2D eigenvalue weighted by Crippen LogP contribution is -1.91. The van der Waals surface area contributed by atoms with E-state index < -0.39 is 59.7 Å². The molecule has 0 rings (SSSR count). The lowest BCUT2D eigenvalue weighted by molar-refractivity contribution is -0.134. The maximum absolute atomic E-state index is 9.55. The maximum atomic E-state index is 9.55. The molecule has 40 heavy (non-hydrogen) atoms. The topological polar surface area (TPSA) is 373 Å². The van der Waals surface area contributed by atoms with Crippen molar-refractivity contribution in [2.24, 2.45) is 0 Å². The molecule has 20 heteroatoms. The summed E-state index contributed by atoms with van der Waals surface area (Å²) in [5.41, 5.74) is 0. The summed E-state index contributed by atoms with van der Waals surface area (Å²) in [6.07, 6.45) is 5.58. The number of hydrogen-bond acceptors (Lipinski definition) is 10. The number of carboxylic acids is 10. The number of carboxylic acid groups (broad SMARTS) is 10. The smallest absolute Gasteiger partial charge is 0.478 e. The molecule has 20 nitrogen and oxygen atoms in total. The fraction of sp³-hybridized carbons (Fsp3) is 0. The number of rotatable bonds is 10. The molecule has 0 spiro atoms. The van der Waals surface area contributed by atoms with Crippen LogP contribution < -0.4 is 0 Å². The van der Waals surface area contributed by atoms with Crippen molar-refractivity contribution in [1.82, 2.24) is 0 Å². The minimum absolute atomic E-state index is 0. The van der Waals surface area contributed by atoms with Gasteiger partial charge < -0.3 is 51.1 Å². The van der Waals surface area contributed by atoms with Crippen LogP contribution in [-0.2, 0) is 47.9 Å². The molecule has 0 aromatic heterocycles. The molecule has 0 aromatic rings. The zero-order valence-corrected chi connectivity index (χ0v) is 19.3. The highest BCUT2D eigenvalue weighted by molar-refractivity contribution is 5.91. The maximum Gasteiger partial charge on any atom is 1.00 e. The second kappa shape index (κ2) is 28.6. The molecule has 0 aliphatic carbocycles. The fourth-order valence-corrected chi connectivity index (χ4v) is 0.713. The first-order valence-corrected chi connectivity index (χ1v) is 8.83. The molecular weight excluding hydrogens is 560 g/mol. The van der Waals surface area contributed by atoms with Gasteiger partial charge in [-0.15, -0.1) is 0 Å². The highest BCUT2D eigenvalue weighted by Crippen LogP contribution is 1.73. The second-order valence-electron chi connectivity index (χ2n) is 5.05. The first-order chi connectivity index (χ1) is 18.1. The quantitative estimate of drug-likeness (QED) is 0.0962. The van der Waals surface area contributed by atoms with E-state index in [1.165, 1.54) is 0 Å². The molecule has 0 fully saturated rings. The zero-order chi connectivity index (χ0) is 32.8. The van der Waals surface area contributed by atoms with E-state index in [-0.39, 0.29) is 136 Å². The zero-order valence-electron chi connectivity index (χ0n) is 114. The van der Waals surface area contributed by atoms with Gasteiger partial charge in [-0.3, -0.25) is 0 Å². The summed E-state index contributed by atoms with van der Waals surface area (Å²) in [6, 6.07) is 0. The molecule has 0 aromatic carbocycles. The molecule has 0 saturated heterocycles. The van der Waals surface area contributed by atoms with Crippen LogP contribution in [0.15, 0.2) is 60.8 Å². The van der Waals surface area contributed by atoms with Gasteiger partial charge in [0, 0.05) is 60.8 Å². The normalized spacial score (nSPS) is 9.50. The van der Waals surface area contributed by atoms with Crippen molar-refractivity contribution >= 4 is 59.7 Å². The van der Waals surface area contributed by atoms with Gasteiger partial charge in [0.25, 0.3) is 0 Å². The van der Waals surface area contributed by atoms with Crippen LogP contribution in [-0.4, -0.2) is 111 Å². The van der Waals surface area contributed by atoms with Gasteiger partial charge in [0.1, 0.15) is 0 Å². The van der Waals surface area contributed by atoms with Gasteiger partial charge >= 0.3 is 195 Å². The summed E-state index contributed by atoms with van der Waals surface area (Å²) in [6.45, 7) is 0. The van der Waals surface area contributed by atoms with Gasteiger partial charge in [-0.25, -0.2) is 47.9 Å². The van der Waals surface area contributed by atoms with Crippen LogP contribution in [0.4, 0.5) is 0 Å². The van der Waals surface area contributed by atoms with Crippen LogP contribution >= 0.6 is 0 Å². The Morgan fingerprint density at radius 3 is 0.300 bits per heavy atom. The van der Waals surface area contributed by atoms with Gasteiger partial charge in [-0.2, -0.15) is 0 Å². The summed E-state index contributed by atoms with van der Waals surface area (Å²) >= 11 is 0. The molecule has 0 bridgehead atoms. The average molecular weight is 676 g/mol. The van der Waals surface area contributed by atoms with E-state index in [9.17, 15) is 47.9 Å². The van der Waals surface area contributed by atoms with Crippen LogP contribution in [0, 0.1) is 0 Å². The third kappa shape index (κ3) is 85.7. The van der Waals surface area contributed by atoms with Crippen LogP contribution in [0.2, 0.25) is 0 Å². The van der Waals surface area contributed by atoms with Crippen molar-refractivity contribution in [2.45, 2.75) is 0 Å².